The fourth-order valence-corrected chi connectivity index (χ4v) is 3.15. The summed E-state index contributed by atoms with van der Waals surface area (Å²) in [5, 5.41) is 22.6. The van der Waals surface area contributed by atoms with E-state index < -0.39 is 60.2 Å². The van der Waals surface area contributed by atoms with Crippen LogP contribution in [-0.4, -0.2) is 81.2 Å². The highest BCUT2D eigenvalue weighted by Crippen LogP contribution is 2.19. The number of amides is 3. The van der Waals surface area contributed by atoms with Crippen molar-refractivity contribution in [3.63, 3.8) is 0 Å². The first-order valence-corrected chi connectivity index (χ1v) is 9.85. The quantitative estimate of drug-likeness (QED) is 0.224. The smallest absolute Gasteiger partial charge is 0.326 e. The summed E-state index contributed by atoms with van der Waals surface area (Å²) in [6.07, 6.45) is -0.000870. The van der Waals surface area contributed by atoms with E-state index in [2.05, 4.69) is 23.3 Å². The van der Waals surface area contributed by atoms with Gasteiger partial charge in [-0.15, -0.1) is 0 Å². The van der Waals surface area contributed by atoms with Crippen molar-refractivity contribution in [2.24, 2.45) is 11.7 Å². The number of carboxylic acids is 2. The van der Waals surface area contributed by atoms with Gasteiger partial charge in [0, 0.05) is 12.3 Å². The summed E-state index contributed by atoms with van der Waals surface area (Å²) in [7, 11) is 0. The highest BCUT2D eigenvalue weighted by Gasteiger charge is 2.39. The number of hydrogen-bond donors (Lipinski definition) is 6. The van der Waals surface area contributed by atoms with Gasteiger partial charge in [-0.2, -0.15) is 12.6 Å². The summed E-state index contributed by atoms with van der Waals surface area (Å²) < 4.78 is 0. The molecule has 29 heavy (non-hydrogen) atoms. The fourth-order valence-electron chi connectivity index (χ4n) is 2.90. The van der Waals surface area contributed by atoms with Gasteiger partial charge in [-0.25, -0.2) is 4.79 Å². The van der Waals surface area contributed by atoms with E-state index in [1.165, 1.54) is 4.90 Å². The van der Waals surface area contributed by atoms with Gasteiger partial charge in [0.25, 0.3) is 0 Å². The lowest BCUT2D eigenvalue weighted by molar-refractivity contribution is -0.148. The Morgan fingerprint density at radius 1 is 1.14 bits per heavy atom. The van der Waals surface area contributed by atoms with E-state index in [0.717, 1.165) is 0 Å². The molecule has 0 saturated carbocycles. The molecule has 4 atom stereocenters. The molecule has 3 amide bonds. The Labute approximate surface area is 173 Å². The molecule has 0 spiro atoms. The fraction of sp³-hybridized carbons (Fsp3) is 0.706. The minimum Gasteiger partial charge on any atom is -0.481 e. The molecule has 1 rings (SSSR count). The Morgan fingerprint density at radius 2 is 1.76 bits per heavy atom. The molecule has 0 aromatic heterocycles. The molecule has 1 heterocycles. The molecule has 0 aliphatic carbocycles. The highest BCUT2D eigenvalue weighted by molar-refractivity contribution is 7.80. The van der Waals surface area contributed by atoms with Crippen LogP contribution in [0.5, 0.6) is 0 Å². The largest absolute Gasteiger partial charge is 0.481 e. The zero-order chi connectivity index (χ0) is 22.3. The van der Waals surface area contributed by atoms with Crippen molar-refractivity contribution in [3.05, 3.63) is 0 Å². The molecule has 1 aliphatic rings. The minimum absolute atomic E-state index is 0.0169. The molecule has 1 aliphatic heterocycles. The zero-order valence-electron chi connectivity index (χ0n) is 16.3. The maximum Gasteiger partial charge on any atom is 0.326 e. The second-order valence-corrected chi connectivity index (χ2v) is 7.57. The van der Waals surface area contributed by atoms with Crippen LogP contribution in [0.4, 0.5) is 0 Å². The van der Waals surface area contributed by atoms with Gasteiger partial charge in [-0.3, -0.25) is 19.2 Å². The molecule has 6 N–H and O–H groups in total. The maximum atomic E-state index is 12.8. The van der Waals surface area contributed by atoms with Gasteiger partial charge in [0.2, 0.25) is 17.7 Å². The molecule has 4 unspecified atom stereocenters. The first-order valence-electron chi connectivity index (χ1n) is 9.21. The Kier molecular flexibility index (Phi) is 9.37. The van der Waals surface area contributed by atoms with Crippen LogP contribution in [0.2, 0.25) is 0 Å². The van der Waals surface area contributed by atoms with Crippen molar-refractivity contribution < 1.29 is 34.2 Å². The summed E-state index contributed by atoms with van der Waals surface area (Å²) in [6.45, 7) is 3.77. The third-order valence-electron chi connectivity index (χ3n) is 4.65. The Bertz CT molecular complexity index is 658. The number of hydrogen-bond acceptors (Lipinski definition) is 7. The van der Waals surface area contributed by atoms with Crippen molar-refractivity contribution in [2.75, 3.05) is 12.3 Å². The van der Waals surface area contributed by atoms with Gasteiger partial charge in [-0.1, -0.05) is 13.8 Å². The van der Waals surface area contributed by atoms with Gasteiger partial charge >= 0.3 is 11.9 Å². The molecule has 0 bridgehead atoms. The van der Waals surface area contributed by atoms with E-state index in [4.69, 9.17) is 15.9 Å². The van der Waals surface area contributed by atoms with Crippen molar-refractivity contribution >= 4 is 42.3 Å². The Morgan fingerprint density at radius 3 is 2.24 bits per heavy atom. The molecule has 12 heteroatoms. The topological polar surface area (TPSA) is 179 Å². The number of carboxylic acid groups (broad SMARTS) is 2. The van der Waals surface area contributed by atoms with Gasteiger partial charge in [0.05, 0.1) is 12.5 Å². The summed E-state index contributed by atoms with van der Waals surface area (Å²) in [6, 6.07) is -4.38. The molecule has 164 valence electrons. The maximum absolute atomic E-state index is 12.8. The third-order valence-corrected chi connectivity index (χ3v) is 5.02. The molecular weight excluding hydrogens is 404 g/mol. The van der Waals surface area contributed by atoms with Gasteiger partial charge in [-0.05, 0) is 18.8 Å². The molecular formula is C17H28N4O7S. The highest BCUT2D eigenvalue weighted by atomic mass is 32.1. The second kappa shape index (κ2) is 11.0. The van der Waals surface area contributed by atoms with Crippen LogP contribution in [0, 0.1) is 5.92 Å². The summed E-state index contributed by atoms with van der Waals surface area (Å²) in [5.41, 5.74) is 5.79. The van der Waals surface area contributed by atoms with E-state index in [1.807, 2.05) is 0 Å². The normalized spacial score (nSPS) is 19.3. The lowest BCUT2D eigenvalue weighted by Crippen LogP contribution is -2.58. The molecule has 0 aromatic carbocycles. The lowest BCUT2D eigenvalue weighted by atomic mass is 10.0. The second-order valence-electron chi connectivity index (χ2n) is 7.20. The summed E-state index contributed by atoms with van der Waals surface area (Å²) in [4.78, 5) is 60.7. The lowest BCUT2D eigenvalue weighted by Gasteiger charge is -2.29. The van der Waals surface area contributed by atoms with Gasteiger partial charge in [0.15, 0.2) is 0 Å². The molecule has 11 nitrogen and oxygen atoms in total. The van der Waals surface area contributed by atoms with Gasteiger partial charge in [0.1, 0.15) is 18.1 Å². The average molecular weight is 432 g/mol. The first kappa shape index (κ1) is 24.7. The van der Waals surface area contributed by atoms with Crippen LogP contribution in [0.25, 0.3) is 0 Å². The number of nitrogens with two attached hydrogens (primary N) is 1. The SMILES string of the molecule is CC(C)C(N)C(=O)NC(CS)C(=O)N1CCCC1C(=O)NC(CC(=O)O)C(=O)O. The minimum atomic E-state index is -1.61. The predicted octanol–water partition coefficient (Wildman–Crippen LogP) is -1.58. The number of nitrogens with one attached hydrogen (secondary N) is 2. The number of carbonyl (C=O) groups is 5. The van der Waals surface area contributed by atoms with E-state index in [-0.39, 0.29) is 24.6 Å². The predicted molar refractivity (Wildman–Crippen MR) is 105 cm³/mol. The monoisotopic (exact) mass is 432 g/mol. The number of rotatable bonds is 10. The van der Waals surface area contributed by atoms with Crippen LogP contribution < -0.4 is 16.4 Å². The first-order chi connectivity index (χ1) is 13.5. The summed E-state index contributed by atoms with van der Waals surface area (Å²) >= 11 is 4.10. The van der Waals surface area contributed by atoms with E-state index in [1.54, 1.807) is 13.8 Å². The van der Waals surface area contributed by atoms with Crippen molar-refractivity contribution in [1.82, 2.24) is 15.5 Å². The summed E-state index contributed by atoms with van der Waals surface area (Å²) in [5.74, 6) is -4.83. The number of likely N-dealkylation sites (tertiary alicyclic amines) is 1. The number of carbonyl (C=O) groups excluding carboxylic acids is 3. The molecule has 1 fully saturated rings. The van der Waals surface area contributed by atoms with Crippen molar-refractivity contribution in [3.8, 4) is 0 Å². The van der Waals surface area contributed by atoms with Crippen LogP contribution in [0.1, 0.15) is 33.1 Å². The van der Waals surface area contributed by atoms with E-state index in [0.29, 0.717) is 6.42 Å². The number of aliphatic carboxylic acids is 2. The number of nitrogens with zero attached hydrogens (tertiary/aromatic N) is 1. The van der Waals surface area contributed by atoms with Crippen LogP contribution in [-0.2, 0) is 24.0 Å². The molecule has 1 saturated heterocycles. The van der Waals surface area contributed by atoms with Crippen LogP contribution in [0.15, 0.2) is 0 Å². The molecule has 0 aromatic rings. The Hall–Kier alpha value is -2.34. The van der Waals surface area contributed by atoms with Crippen molar-refractivity contribution in [1.29, 1.82) is 0 Å². The van der Waals surface area contributed by atoms with Gasteiger partial charge < -0.3 is 31.5 Å². The zero-order valence-corrected chi connectivity index (χ0v) is 17.2. The Balaban J connectivity index is 2.86. The van der Waals surface area contributed by atoms with Crippen molar-refractivity contribution in [2.45, 2.75) is 57.3 Å². The van der Waals surface area contributed by atoms with E-state index in [9.17, 15) is 24.0 Å². The number of thiol groups is 1. The standard InChI is InChI=1S/C17H28N4O7S/c1-8(2)13(18)15(25)20-10(7-29)16(26)21-5-3-4-11(21)14(24)19-9(17(27)28)6-12(22)23/h8-11,13,29H,3-7,18H2,1-2H3,(H,19,24)(H,20,25)(H,22,23)(H,27,28). The third kappa shape index (κ3) is 6.89. The van der Waals surface area contributed by atoms with Crippen LogP contribution >= 0.6 is 12.6 Å². The van der Waals surface area contributed by atoms with Crippen LogP contribution in [0.3, 0.4) is 0 Å². The molecule has 0 radical (unpaired) electrons. The average Bonchev–Trinajstić information content (AvgIpc) is 3.13. The van der Waals surface area contributed by atoms with E-state index >= 15 is 0 Å².